The van der Waals surface area contributed by atoms with Crippen LogP contribution in [0.25, 0.3) is 6.08 Å². The van der Waals surface area contributed by atoms with Crippen LogP contribution < -0.4 is 19.1 Å². The molecular weight excluding hydrogens is 602 g/mol. The second kappa shape index (κ2) is 10.7. The van der Waals surface area contributed by atoms with Gasteiger partial charge in [0.05, 0.1) is 17.7 Å². The lowest BCUT2D eigenvalue weighted by Crippen LogP contribution is -2.54. The van der Waals surface area contributed by atoms with Gasteiger partial charge >= 0.3 is 10.1 Å². The van der Waals surface area contributed by atoms with Crippen LogP contribution in [0, 0.1) is 10.1 Å². The minimum absolute atomic E-state index is 0.0642. The van der Waals surface area contributed by atoms with E-state index in [1.165, 1.54) is 37.5 Å². The zero-order valence-corrected chi connectivity index (χ0v) is 22.5. The van der Waals surface area contributed by atoms with Crippen molar-refractivity contribution in [1.29, 1.82) is 0 Å². The third-order valence-electron chi connectivity index (χ3n) is 5.22. The van der Waals surface area contributed by atoms with E-state index in [9.17, 15) is 28.1 Å². The molecule has 194 valence electrons. The molecular formula is C24H16BrN3O8S2. The fraction of sp³-hybridized carbons (Fsp3) is 0.0417. The lowest BCUT2D eigenvalue weighted by atomic mass is 10.1. The minimum atomic E-state index is -4.52. The molecule has 0 aromatic heterocycles. The van der Waals surface area contributed by atoms with Crippen LogP contribution in [0.5, 0.6) is 11.5 Å². The van der Waals surface area contributed by atoms with Gasteiger partial charge in [0.25, 0.3) is 17.5 Å². The van der Waals surface area contributed by atoms with Gasteiger partial charge in [-0.15, -0.1) is 0 Å². The number of nitrogens with zero attached hydrogens (tertiary/aromatic N) is 2. The van der Waals surface area contributed by atoms with Crippen LogP contribution in [0.3, 0.4) is 0 Å². The molecule has 11 nitrogen and oxygen atoms in total. The summed E-state index contributed by atoms with van der Waals surface area (Å²) in [6, 6.07) is 15.0. The molecule has 0 bridgehead atoms. The molecule has 0 unspecified atom stereocenters. The Kier molecular flexibility index (Phi) is 7.57. The van der Waals surface area contributed by atoms with Gasteiger partial charge in [-0.25, -0.2) is 0 Å². The number of ether oxygens (including phenoxy) is 1. The van der Waals surface area contributed by atoms with E-state index >= 15 is 0 Å². The topological polar surface area (TPSA) is 145 Å². The Balaban J connectivity index is 1.73. The fourth-order valence-electron chi connectivity index (χ4n) is 3.41. The average molecular weight is 618 g/mol. The molecule has 1 fully saturated rings. The van der Waals surface area contributed by atoms with E-state index in [2.05, 4.69) is 21.2 Å². The van der Waals surface area contributed by atoms with Gasteiger partial charge in [0.2, 0.25) is 0 Å². The van der Waals surface area contributed by atoms with Gasteiger partial charge in [-0.1, -0.05) is 22.0 Å². The number of nitrogens with one attached hydrogen (secondary N) is 1. The third-order valence-corrected chi connectivity index (χ3v) is 7.23. The van der Waals surface area contributed by atoms with Crippen molar-refractivity contribution in [3.63, 3.8) is 0 Å². The molecule has 1 saturated heterocycles. The number of rotatable bonds is 7. The van der Waals surface area contributed by atoms with Crippen LogP contribution in [0.15, 0.2) is 81.7 Å². The largest absolute Gasteiger partial charge is 0.497 e. The molecule has 2 amide bonds. The first-order chi connectivity index (χ1) is 18.0. The molecule has 4 rings (SSSR count). The molecule has 1 heterocycles. The monoisotopic (exact) mass is 617 g/mol. The number of thiocarbonyl (C=S) groups is 1. The predicted octanol–water partition coefficient (Wildman–Crippen LogP) is 3.96. The van der Waals surface area contributed by atoms with Gasteiger partial charge in [0, 0.05) is 22.2 Å². The number of hydrogen-bond acceptors (Lipinski definition) is 9. The molecule has 3 aromatic carbocycles. The molecule has 1 aliphatic rings. The molecule has 0 atom stereocenters. The van der Waals surface area contributed by atoms with Crippen molar-refractivity contribution in [2.24, 2.45) is 0 Å². The summed E-state index contributed by atoms with van der Waals surface area (Å²) in [5.41, 5.74) is -0.350. The van der Waals surface area contributed by atoms with Crippen molar-refractivity contribution in [3.8, 4) is 11.5 Å². The molecule has 3 aromatic rings. The highest BCUT2D eigenvalue weighted by atomic mass is 79.9. The quantitative estimate of drug-likeness (QED) is 0.104. The number of carbonyl (C=O) groups excluding carboxylic acids is 2. The molecule has 0 radical (unpaired) electrons. The Morgan fingerprint density at radius 1 is 1.08 bits per heavy atom. The summed E-state index contributed by atoms with van der Waals surface area (Å²) in [6.07, 6.45) is 1.17. The maximum Gasteiger partial charge on any atom is 0.339 e. The van der Waals surface area contributed by atoms with E-state index in [-0.39, 0.29) is 22.0 Å². The summed E-state index contributed by atoms with van der Waals surface area (Å²) >= 11 is 8.47. The molecule has 38 heavy (non-hydrogen) atoms. The van der Waals surface area contributed by atoms with Crippen LogP contribution in [0.2, 0.25) is 0 Å². The Morgan fingerprint density at radius 3 is 2.45 bits per heavy atom. The summed E-state index contributed by atoms with van der Waals surface area (Å²) in [7, 11) is -3.03. The number of methoxy groups -OCH3 is 1. The van der Waals surface area contributed by atoms with Crippen LogP contribution in [-0.4, -0.2) is 37.4 Å². The number of nitro groups is 1. The predicted molar refractivity (Wildman–Crippen MR) is 144 cm³/mol. The first kappa shape index (κ1) is 26.9. The van der Waals surface area contributed by atoms with Gasteiger partial charge < -0.3 is 8.92 Å². The number of anilines is 1. The number of benzene rings is 3. The first-order valence-corrected chi connectivity index (χ1v) is 13.1. The molecule has 14 heteroatoms. The average Bonchev–Trinajstić information content (AvgIpc) is 2.88. The van der Waals surface area contributed by atoms with E-state index in [1.54, 1.807) is 24.3 Å². The lowest BCUT2D eigenvalue weighted by molar-refractivity contribution is -0.385. The van der Waals surface area contributed by atoms with Crippen LogP contribution >= 0.6 is 28.1 Å². The maximum atomic E-state index is 13.4. The molecule has 0 saturated carbocycles. The standard InChI is InChI=1S/C24H16BrN3O8S2/c1-35-18-8-6-16(7-9-18)27-23(30)20(22(29)26-24(27)37)12-14-11-15(25)5-10-21(14)36-38(33,34)19-4-2-3-17(13-19)28(31)32/h2-13H,1H3,(H,26,29,37)/b20-12-. The van der Waals surface area contributed by atoms with Gasteiger partial charge in [0.15, 0.2) is 5.11 Å². The molecule has 1 N–H and O–H groups in total. The third kappa shape index (κ3) is 5.56. The van der Waals surface area contributed by atoms with Crippen LogP contribution in [0.1, 0.15) is 5.56 Å². The summed E-state index contributed by atoms with van der Waals surface area (Å²) in [6.45, 7) is 0. The first-order valence-electron chi connectivity index (χ1n) is 10.5. The Labute approximate surface area is 230 Å². The number of carbonyl (C=O) groups is 2. The smallest absolute Gasteiger partial charge is 0.339 e. The maximum absolute atomic E-state index is 13.4. The highest BCUT2D eigenvalue weighted by molar-refractivity contribution is 9.10. The number of halogens is 1. The van der Waals surface area contributed by atoms with Crippen molar-refractivity contribution in [2.75, 3.05) is 12.0 Å². The van der Waals surface area contributed by atoms with Crippen molar-refractivity contribution in [2.45, 2.75) is 4.90 Å². The SMILES string of the molecule is COc1ccc(N2C(=O)/C(=C\c3cc(Br)ccc3OS(=O)(=O)c3cccc([N+](=O)[O-])c3)C(=O)NC2=S)cc1. The second-order valence-corrected chi connectivity index (χ2v) is 10.5. The zero-order valence-electron chi connectivity index (χ0n) is 19.3. The zero-order chi connectivity index (χ0) is 27.6. The van der Waals surface area contributed by atoms with Gasteiger partial charge in [-0.3, -0.25) is 29.9 Å². The van der Waals surface area contributed by atoms with Gasteiger partial charge in [-0.2, -0.15) is 8.42 Å². The number of nitro benzene ring substituents is 1. The van der Waals surface area contributed by atoms with Crippen molar-refractivity contribution in [1.82, 2.24) is 5.32 Å². The van der Waals surface area contributed by atoms with Crippen LogP contribution in [0.4, 0.5) is 11.4 Å². The minimum Gasteiger partial charge on any atom is -0.497 e. The fourth-order valence-corrected chi connectivity index (χ4v) is 5.06. The van der Waals surface area contributed by atoms with E-state index in [4.69, 9.17) is 21.1 Å². The summed E-state index contributed by atoms with van der Waals surface area (Å²) in [4.78, 5) is 37.1. The normalized spacial score (nSPS) is 14.8. The molecule has 0 aliphatic carbocycles. The molecule has 1 aliphatic heterocycles. The lowest BCUT2D eigenvalue weighted by Gasteiger charge is -2.29. The molecule has 0 spiro atoms. The van der Waals surface area contributed by atoms with Crippen molar-refractivity contribution in [3.05, 3.63) is 92.5 Å². The summed E-state index contributed by atoms with van der Waals surface area (Å²) in [5.74, 6) is -1.23. The summed E-state index contributed by atoms with van der Waals surface area (Å²) in [5, 5.41) is 13.4. The highest BCUT2D eigenvalue weighted by Gasteiger charge is 2.35. The van der Waals surface area contributed by atoms with Crippen LogP contribution in [-0.2, 0) is 19.7 Å². The van der Waals surface area contributed by atoms with Gasteiger partial charge in [0.1, 0.15) is 22.0 Å². The van der Waals surface area contributed by atoms with Crippen molar-refractivity contribution >= 4 is 72.6 Å². The number of hydrogen-bond donors (Lipinski definition) is 1. The Morgan fingerprint density at radius 2 is 1.79 bits per heavy atom. The highest BCUT2D eigenvalue weighted by Crippen LogP contribution is 2.31. The van der Waals surface area contributed by atoms with Gasteiger partial charge in [-0.05, 0) is 66.8 Å². The Hall–Kier alpha value is -4.14. The second-order valence-electron chi connectivity index (χ2n) is 7.63. The van der Waals surface area contributed by atoms with E-state index < -0.39 is 37.4 Å². The van der Waals surface area contributed by atoms with E-state index in [1.807, 2.05) is 0 Å². The van der Waals surface area contributed by atoms with E-state index in [0.29, 0.717) is 15.9 Å². The van der Waals surface area contributed by atoms with E-state index in [0.717, 1.165) is 23.1 Å². The number of non-ortho nitro benzene ring substituents is 1. The Bertz CT molecular complexity index is 1620. The number of amides is 2. The summed E-state index contributed by atoms with van der Waals surface area (Å²) < 4.78 is 36.7. The van der Waals surface area contributed by atoms with Crippen molar-refractivity contribution < 1.29 is 31.9 Å².